The number of carbonyl (C=O) groups excluding carboxylic acids is 2. The van der Waals surface area contributed by atoms with Crippen molar-refractivity contribution >= 4 is 11.9 Å². The molecule has 0 aromatic carbocycles. The van der Waals surface area contributed by atoms with E-state index in [2.05, 4.69) is 0 Å². The van der Waals surface area contributed by atoms with Crippen molar-refractivity contribution in [2.75, 3.05) is 0 Å². The Balaban J connectivity index is -0.000000346. The summed E-state index contributed by atoms with van der Waals surface area (Å²) in [5.74, 6) is -2.88. The molecular formula is C14H18N2O8Zn+2. The number of rotatable bonds is 2. The summed E-state index contributed by atoms with van der Waals surface area (Å²) in [4.78, 5) is 42.1. The molecule has 0 unspecified atom stereocenters. The molecule has 0 amide bonds. The maximum atomic E-state index is 10.8. The van der Waals surface area contributed by atoms with Gasteiger partial charge in [-0.1, -0.05) is 0 Å². The Morgan fingerprint density at radius 3 is 1.28 bits per heavy atom. The van der Waals surface area contributed by atoms with Crippen molar-refractivity contribution in [3.63, 3.8) is 0 Å². The van der Waals surface area contributed by atoms with Gasteiger partial charge in [0.15, 0.2) is 10.9 Å². The second kappa shape index (κ2) is 11.8. The van der Waals surface area contributed by atoms with Gasteiger partial charge in [0, 0.05) is 51.0 Å². The molecule has 2 aromatic heterocycles. The molecule has 10 nitrogen and oxygen atoms in total. The first-order chi connectivity index (χ1) is 10.2. The van der Waals surface area contributed by atoms with Crippen LogP contribution in [0.25, 0.3) is 0 Å². The first-order valence-corrected chi connectivity index (χ1v) is 5.97. The van der Waals surface area contributed by atoms with E-state index in [1.165, 1.54) is 46.1 Å². The first kappa shape index (κ1) is 27.2. The standard InChI is InChI=1S/2C7H7NO3.2H2O.Zn/c2*1-8-3-2-6(9)5(4-8)7(10)11;;;/h2*2-4H,1H3,(H,10,11);2*1H2;/q;;;;+2. The SMILES string of the molecule is Cn1ccc(=O)c(C(=O)[O-])c1.Cn1ccc(=O)c(C(=O)[O-])c1.[OH3+].[OH3+].[Zn+2]. The molecule has 0 aliphatic heterocycles. The smallest absolute Gasteiger partial charge is 0.545 e. The quantitative estimate of drug-likeness (QED) is 0.356. The van der Waals surface area contributed by atoms with Crippen molar-refractivity contribution in [2.24, 2.45) is 14.1 Å². The van der Waals surface area contributed by atoms with Crippen molar-refractivity contribution < 1.29 is 50.2 Å². The van der Waals surface area contributed by atoms with Gasteiger partial charge in [-0.15, -0.1) is 0 Å². The maximum Gasteiger partial charge on any atom is 2.00 e. The third kappa shape index (κ3) is 8.16. The molecule has 25 heavy (non-hydrogen) atoms. The van der Waals surface area contributed by atoms with Gasteiger partial charge in [-0.05, 0) is 0 Å². The van der Waals surface area contributed by atoms with Crippen LogP contribution in [-0.2, 0) is 44.5 Å². The normalized spacial score (nSPS) is 8.40. The van der Waals surface area contributed by atoms with Crippen LogP contribution in [0, 0.1) is 0 Å². The molecule has 2 rings (SSSR count). The second-order valence-corrected chi connectivity index (χ2v) is 4.35. The third-order valence-electron chi connectivity index (χ3n) is 2.56. The fourth-order valence-corrected chi connectivity index (χ4v) is 1.48. The molecule has 0 atom stereocenters. The van der Waals surface area contributed by atoms with Crippen molar-refractivity contribution in [1.82, 2.24) is 9.13 Å². The Morgan fingerprint density at radius 1 is 0.800 bits per heavy atom. The second-order valence-electron chi connectivity index (χ2n) is 4.35. The van der Waals surface area contributed by atoms with E-state index in [1.807, 2.05) is 0 Å². The number of nitrogens with zero attached hydrogens (tertiary/aromatic N) is 2. The van der Waals surface area contributed by atoms with Gasteiger partial charge in [0.25, 0.3) is 0 Å². The number of carboxylic acids is 2. The Morgan fingerprint density at radius 2 is 1.08 bits per heavy atom. The predicted octanol–water partition coefficient (Wildman–Crippen LogP) is -4.35. The zero-order chi connectivity index (χ0) is 16.9. The molecule has 0 aliphatic rings. The van der Waals surface area contributed by atoms with Crippen LogP contribution in [0.2, 0.25) is 0 Å². The van der Waals surface area contributed by atoms with Crippen molar-refractivity contribution in [1.29, 1.82) is 0 Å². The van der Waals surface area contributed by atoms with E-state index in [1.54, 1.807) is 14.1 Å². The summed E-state index contributed by atoms with van der Waals surface area (Å²) >= 11 is 0. The molecule has 2 aromatic rings. The molecule has 0 fully saturated rings. The summed E-state index contributed by atoms with van der Waals surface area (Å²) in [6.45, 7) is 0. The van der Waals surface area contributed by atoms with E-state index in [9.17, 15) is 29.4 Å². The van der Waals surface area contributed by atoms with E-state index in [-0.39, 0.29) is 41.6 Å². The first-order valence-electron chi connectivity index (χ1n) is 5.97. The van der Waals surface area contributed by atoms with Gasteiger partial charge in [-0.2, -0.15) is 0 Å². The van der Waals surface area contributed by atoms with E-state index in [4.69, 9.17) is 0 Å². The number of aromatic nitrogens is 2. The van der Waals surface area contributed by atoms with Crippen LogP contribution in [0.3, 0.4) is 0 Å². The molecule has 0 bridgehead atoms. The Labute approximate surface area is 154 Å². The van der Waals surface area contributed by atoms with E-state index >= 15 is 0 Å². The maximum absolute atomic E-state index is 10.8. The van der Waals surface area contributed by atoms with Crippen LogP contribution >= 0.6 is 0 Å². The van der Waals surface area contributed by atoms with Crippen LogP contribution < -0.4 is 21.1 Å². The van der Waals surface area contributed by atoms with Crippen LogP contribution in [0.1, 0.15) is 20.7 Å². The number of hydrogen-bond donors (Lipinski definition) is 0. The summed E-state index contributed by atoms with van der Waals surface area (Å²) < 4.78 is 2.96. The summed E-state index contributed by atoms with van der Waals surface area (Å²) in [6.07, 6.45) is 5.40. The summed E-state index contributed by atoms with van der Waals surface area (Å²) in [6, 6.07) is 2.37. The number of aryl methyl sites for hydroxylation is 2. The van der Waals surface area contributed by atoms with Gasteiger partial charge in [0.2, 0.25) is 0 Å². The molecule has 0 aliphatic carbocycles. The predicted molar refractivity (Wildman–Crippen MR) is 81.8 cm³/mol. The monoisotopic (exact) mass is 406 g/mol. The fourth-order valence-electron chi connectivity index (χ4n) is 1.48. The summed E-state index contributed by atoms with van der Waals surface area (Å²) in [7, 11) is 3.26. The van der Waals surface area contributed by atoms with Crippen molar-refractivity contribution in [3.8, 4) is 0 Å². The minimum atomic E-state index is -1.44. The minimum absolute atomic E-state index is 0. The van der Waals surface area contributed by atoms with Gasteiger partial charge in [0.1, 0.15) is 0 Å². The number of pyridine rings is 2. The van der Waals surface area contributed by atoms with E-state index in [0.717, 1.165) is 0 Å². The number of carboxylic acid groups (broad SMARTS) is 2. The van der Waals surface area contributed by atoms with Crippen LogP contribution in [0.4, 0.5) is 0 Å². The van der Waals surface area contributed by atoms with Gasteiger partial charge >= 0.3 is 19.5 Å². The fraction of sp³-hybridized carbons (Fsp3) is 0.143. The average Bonchev–Trinajstić information content (AvgIpc) is 2.44. The molecular weight excluding hydrogens is 390 g/mol. The Kier molecular flexibility index (Phi) is 12.9. The van der Waals surface area contributed by atoms with Crippen LogP contribution in [0.15, 0.2) is 46.5 Å². The average molecular weight is 408 g/mol. The minimum Gasteiger partial charge on any atom is -0.545 e. The molecule has 11 heteroatoms. The van der Waals surface area contributed by atoms with Gasteiger partial charge < -0.3 is 39.9 Å². The number of carbonyl (C=O) groups is 2. The van der Waals surface area contributed by atoms with E-state index < -0.39 is 22.8 Å². The van der Waals surface area contributed by atoms with Gasteiger partial charge in [-0.3, -0.25) is 9.59 Å². The van der Waals surface area contributed by atoms with Crippen LogP contribution in [-0.4, -0.2) is 21.1 Å². The Bertz CT molecular complexity index is 759. The number of hydrogen-bond acceptors (Lipinski definition) is 6. The molecule has 0 saturated heterocycles. The topological polar surface area (TPSA) is 190 Å². The molecule has 132 valence electrons. The van der Waals surface area contributed by atoms with Gasteiger partial charge in [0.05, 0.1) is 23.1 Å². The molecule has 0 spiro atoms. The van der Waals surface area contributed by atoms with Gasteiger partial charge in [-0.25, -0.2) is 0 Å². The number of aromatic carboxylic acids is 2. The summed E-state index contributed by atoms with van der Waals surface area (Å²) in [5.41, 5.74) is -1.67. The third-order valence-corrected chi connectivity index (χ3v) is 2.56. The summed E-state index contributed by atoms with van der Waals surface area (Å²) in [5, 5.41) is 20.5. The zero-order valence-electron chi connectivity index (χ0n) is 13.7. The largest absolute Gasteiger partial charge is 2.00 e. The van der Waals surface area contributed by atoms with Crippen molar-refractivity contribution in [2.45, 2.75) is 0 Å². The molecule has 2 heterocycles. The molecule has 0 radical (unpaired) electrons. The van der Waals surface area contributed by atoms with E-state index in [0.29, 0.717) is 0 Å². The van der Waals surface area contributed by atoms with Crippen molar-refractivity contribution in [3.05, 3.63) is 68.5 Å². The van der Waals surface area contributed by atoms with Crippen LogP contribution in [0.5, 0.6) is 0 Å². The molecule has 0 saturated carbocycles. The Hall–Kier alpha value is -2.62. The zero-order valence-corrected chi connectivity index (χ0v) is 16.6. The molecule has 6 N–H and O–H groups in total.